The summed E-state index contributed by atoms with van der Waals surface area (Å²) in [6, 6.07) is 14.0. The highest BCUT2D eigenvalue weighted by molar-refractivity contribution is 9.10. The van der Waals surface area contributed by atoms with Gasteiger partial charge in [-0.3, -0.25) is 0 Å². The second-order valence-electron chi connectivity index (χ2n) is 4.38. The number of halogens is 1. The molecule has 3 nitrogen and oxygen atoms in total. The molecule has 0 aliphatic carbocycles. The Morgan fingerprint density at radius 3 is 2.50 bits per heavy atom. The van der Waals surface area contributed by atoms with Crippen LogP contribution in [0.4, 0.5) is 0 Å². The fourth-order valence-corrected chi connectivity index (χ4v) is 2.41. The summed E-state index contributed by atoms with van der Waals surface area (Å²) in [6.45, 7) is 1.38. The van der Waals surface area contributed by atoms with E-state index < -0.39 is 0 Å². The molecule has 0 radical (unpaired) electrons. The summed E-state index contributed by atoms with van der Waals surface area (Å²) < 4.78 is 11.9. The lowest BCUT2D eigenvalue weighted by Crippen LogP contribution is -2.09. The average molecular weight is 336 g/mol. The van der Waals surface area contributed by atoms with E-state index in [1.807, 2.05) is 37.4 Å². The Labute approximate surface area is 128 Å². The van der Waals surface area contributed by atoms with Crippen molar-refractivity contribution in [1.29, 1.82) is 0 Å². The summed E-state index contributed by atoms with van der Waals surface area (Å²) in [7, 11) is 3.59. The van der Waals surface area contributed by atoms with Crippen LogP contribution in [0.1, 0.15) is 11.1 Å². The van der Waals surface area contributed by atoms with Crippen molar-refractivity contribution >= 4 is 15.9 Å². The third-order valence-corrected chi connectivity index (χ3v) is 3.63. The first kappa shape index (κ1) is 14.9. The van der Waals surface area contributed by atoms with E-state index in [-0.39, 0.29) is 0 Å². The Morgan fingerprint density at radius 1 is 1.10 bits per heavy atom. The normalized spacial score (nSPS) is 10.3. The van der Waals surface area contributed by atoms with Crippen LogP contribution in [-0.2, 0) is 13.2 Å². The molecule has 2 rings (SSSR count). The number of benzene rings is 2. The number of rotatable bonds is 6. The largest absolute Gasteiger partial charge is 0.497 e. The predicted molar refractivity (Wildman–Crippen MR) is 84.2 cm³/mol. The first-order valence-corrected chi connectivity index (χ1v) is 7.21. The van der Waals surface area contributed by atoms with Gasteiger partial charge in [0.15, 0.2) is 0 Å². The molecular formula is C16H18BrNO2. The zero-order chi connectivity index (χ0) is 14.4. The van der Waals surface area contributed by atoms with Crippen LogP contribution in [0.2, 0.25) is 0 Å². The second-order valence-corrected chi connectivity index (χ2v) is 5.24. The highest BCUT2D eigenvalue weighted by Crippen LogP contribution is 2.29. The Kier molecular flexibility index (Phi) is 5.44. The third-order valence-electron chi connectivity index (χ3n) is 3.01. The van der Waals surface area contributed by atoms with Crippen molar-refractivity contribution < 1.29 is 9.47 Å². The van der Waals surface area contributed by atoms with E-state index in [0.717, 1.165) is 22.5 Å². The minimum Gasteiger partial charge on any atom is -0.497 e. The Bertz CT molecular complexity index is 572. The Morgan fingerprint density at radius 2 is 1.85 bits per heavy atom. The van der Waals surface area contributed by atoms with Gasteiger partial charge in [-0.1, -0.05) is 24.3 Å². The van der Waals surface area contributed by atoms with Gasteiger partial charge in [-0.05, 0) is 52.3 Å². The Balaban J connectivity index is 2.09. The van der Waals surface area contributed by atoms with E-state index >= 15 is 0 Å². The summed E-state index contributed by atoms with van der Waals surface area (Å²) in [5, 5.41) is 3.17. The van der Waals surface area contributed by atoms with Crippen LogP contribution in [-0.4, -0.2) is 14.2 Å². The number of nitrogens with one attached hydrogen (secondary N) is 1. The van der Waals surface area contributed by atoms with E-state index in [0.29, 0.717) is 6.61 Å². The third kappa shape index (κ3) is 3.74. The average Bonchev–Trinajstić information content (AvgIpc) is 2.47. The molecule has 0 heterocycles. The maximum Gasteiger partial charge on any atom is 0.134 e. The Hall–Kier alpha value is -1.52. The first-order chi connectivity index (χ1) is 9.74. The molecule has 0 saturated heterocycles. The first-order valence-electron chi connectivity index (χ1n) is 6.42. The number of methoxy groups -OCH3 is 1. The number of ether oxygens (including phenoxy) is 2. The van der Waals surface area contributed by atoms with Crippen molar-refractivity contribution in [3.05, 3.63) is 58.1 Å². The van der Waals surface area contributed by atoms with Crippen LogP contribution >= 0.6 is 15.9 Å². The van der Waals surface area contributed by atoms with Crippen molar-refractivity contribution in [2.24, 2.45) is 0 Å². The van der Waals surface area contributed by atoms with Crippen LogP contribution in [0.15, 0.2) is 46.9 Å². The van der Waals surface area contributed by atoms with Crippen molar-refractivity contribution in [1.82, 2.24) is 5.32 Å². The summed E-state index contributed by atoms with van der Waals surface area (Å²) in [5.41, 5.74) is 2.43. The summed E-state index contributed by atoms with van der Waals surface area (Å²) in [5.74, 6) is 1.62. The molecule has 0 unspecified atom stereocenters. The van der Waals surface area contributed by atoms with Crippen molar-refractivity contribution in [2.45, 2.75) is 13.2 Å². The molecule has 0 bridgehead atoms. The molecule has 0 aliphatic heterocycles. The smallest absolute Gasteiger partial charge is 0.134 e. The molecule has 2 aromatic rings. The van der Waals surface area contributed by atoms with Gasteiger partial charge in [-0.15, -0.1) is 0 Å². The molecule has 0 aliphatic rings. The van der Waals surface area contributed by atoms with Crippen molar-refractivity contribution in [3.8, 4) is 11.5 Å². The van der Waals surface area contributed by atoms with Gasteiger partial charge in [0, 0.05) is 6.54 Å². The van der Waals surface area contributed by atoms with E-state index in [9.17, 15) is 0 Å². The minimum atomic E-state index is 0.544. The maximum atomic E-state index is 5.88. The van der Waals surface area contributed by atoms with Crippen LogP contribution in [0.3, 0.4) is 0 Å². The topological polar surface area (TPSA) is 30.5 Å². The quantitative estimate of drug-likeness (QED) is 0.871. The lowest BCUT2D eigenvalue weighted by atomic mass is 10.1. The van der Waals surface area contributed by atoms with Crippen LogP contribution in [0.5, 0.6) is 11.5 Å². The van der Waals surface area contributed by atoms with Crippen LogP contribution in [0, 0.1) is 0 Å². The summed E-state index contributed by atoms with van der Waals surface area (Å²) in [4.78, 5) is 0. The van der Waals surface area contributed by atoms with E-state index in [2.05, 4.69) is 33.4 Å². The van der Waals surface area contributed by atoms with Gasteiger partial charge in [-0.2, -0.15) is 0 Å². The molecule has 0 amide bonds. The van der Waals surface area contributed by atoms with Gasteiger partial charge >= 0.3 is 0 Å². The van der Waals surface area contributed by atoms with Gasteiger partial charge in [0.1, 0.15) is 18.1 Å². The van der Waals surface area contributed by atoms with Gasteiger partial charge in [0.05, 0.1) is 11.6 Å². The molecule has 2 aromatic carbocycles. The monoisotopic (exact) mass is 335 g/mol. The molecule has 0 aromatic heterocycles. The van der Waals surface area contributed by atoms with Crippen LogP contribution < -0.4 is 14.8 Å². The maximum absolute atomic E-state index is 5.88. The van der Waals surface area contributed by atoms with E-state index in [1.165, 1.54) is 11.1 Å². The molecular weight excluding hydrogens is 318 g/mol. The number of hydrogen-bond acceptors (Lipinski definition) is 3. The lowest BCUT2D eigenvalue weighted by Gasteiger charge is -2.12. The molecule has 0 spiro atoms. The van der Waals surface area contributed by atoms with Gasteiger partial charge in [-0.25, -0.2) is 0 Å². The molecule has 0 fully saturated rings. The highest BCUT2D eigenvalue weighted by atomic mass is 79.9. The molecule has 20 heavy (non-hydrogen) atoms. The fourth-order valence-electron chi connectivity index (χ4n) is 1.94. The zero-order valence-electron chi connectivity index (χ0n) is 11.7. The van der Waals surface area contributed by atoms with E-state index in [4.69, 9.17) is 9.47 Å². The number of hydrogen-bond donors (Lipinski definition) is 1. The molecule has 0 atom stereocenters. The SMILES string of the molecule is CNCc1ccccc1COc1ccc(OC)cc1Br. The lowest BCUT2D eigenvalue weighted by molar-refractivity contribution is 0.302. The van der Waals surface area contributed by atoms with Gasteiger partial charge < -0.3 is 14.8 Å². The molecule has 0 saturated carbocycles. The predicted octanol–water partition coefficient (Wildman–Crippen LogP) is 3.76. The fraction of sp³-hybridized carbons (Fsp3) is 0.250. The summed E-state index contributed by atoms with van der Waals surface area (Å²) in [6.07, 6.45) is 0. The van der Waals surface area contributed by atoms with Crippen molar-refractivity contribution in [3.63, 3.8) is 0 Å². The zero-order valence-corrected chi connectivity index (χ0v) is 13.2. The molecule has 1 N–H and O–H groups in total. The summed E-state index contributed by atoms with van der Waals surface area (Å²) >= 11 is 3.49. The van der Waals surface area contributed by atoms with Crippen molar-refractivity contribution in [2.75, 3.05) is 14.2 Å². The van der Waals surface area contributed by atoms with Crippen LogP contribution in [0.25, 0.3) is 0 Å². The van der Waals surface area contributed by atoms with E-state index in [1.54, 1.807) is 7.11 Å². The molecule has 4 heteroatoms. The van der Waals surface area contributed by atoms with Gasteiger partial charge in [0.25, 0.3) is 0 Å². The molecule has 106 valence electrons. The highest BCUT2D eigenvalue weighted by Gasteiger charge is 2.05. The standard InChI is InChI=1S/C16H18BrNO2/c1-18-10-12-5-3-4-6-13(12)11-20-16-8-7-14(19-2)9-15(16)17/h3-9,18H,10-11H2,1-2H3. The minimum absolute atomic E-state index is 0.544. The van der Waals surface area contributed by atoms with Gasteiger partial charge in [0.2, 0.25) is 0 Å². The second kappa shape index (κ2) is 7.31.